The van der Waals surface area contributed by atoms with Gasteiger partial charge in [0.1, 0.15) is 0 Å². The van der Waals surface area contributed by atoms with Crippen LogP contribution in [0.1, 0.15) is 39.5 Å². The SMILES string of the molecule is CCCC(C)(N)C(=O)NCC1CCCO1. The van der Waals surface area contributed by atoms with Crippen LogP contribution in [0.5, 0.6) is 0 Å². The number of carbonyl (C=O) groups is 1. The van der Waals surface area contributed by atoms with Crippen molar-refractivity contribution in [1.29, 1.82) is 0 Å². The van der Waals surface area contributed by atoms with E-state index in [0.29, 0.717) is 13.0 Å². The maximum absolute atomic E-state index is 11.7. The van der Waals surface area contributed by atoms with E-state index in [0.717, 1.165) is 25.9 Å². The number of rotatable bonds is 5. The molecule has 0 aliphatic carbocycles. The van der Waals surface area contributed by atoms with Crippen molar-refractivity contribution in [2.24, 2.45) is 5.73 Å². The fourth-order valence-electron chi connectivity index (χ4n) is 1.85. The Morgan fingerprint density at radius 3 is 2.93 bits per heavy atom. The molecule has 0 saturated carbocycles. The zero-order valence-corrected chi connectivity index (χ0v) is 9.71. The second-order valence-electron chi connectivity index (χ2n) is 4.51. The molecule has 2 atom stereocenters. The first-order chi connectivity index (χ1) is 7.06. The maximum Gasteiger partial charge on any atom is 0.239 e. The van der Waals surface area contributed by atoms with Crippen LogP contribution < -0.4 is 11.1 Å². The summed E-state index contributed by atoms with van der Waals surface area (Å²) in [6.45, 7) is 5.21. The second-order valence-corrected chi connectivity index (χ2v) is 4.51. The largest absolute Gasteiger partial charge is 0.376 e. The molecule has 0 aromatic carbocycles. The highest BCUT2D eigenvalue weighted by atomic mass is 16.5. The van der Waals surface area contributed by atoms with Crippen molar-refractivity contribution in [3.8, 4) is 0 Å². The average molecular weight is 214 g/mol. The molecule has 1 aliphatic heterocycles. The highest BCUT2D eigenvalue weighted by Gasteiger charge is 2.27. The second kappa shape index (κ2) is 5.47. The van der Waals surface area contributed by atoms with Crippen LogP contribution >= 0.6 is 0 Å². The third-order valence-corrected chi connectivity index (χ3v) is 2.80. The molecule has 88 valence electrons. The lowest BCUT2D eigenvalue weighted by Crippen LogP contribution is -2.52. The van der Waals surface area contributed by atoms with Crippen molar-refractivity contribution in [2.75, 3.05) is 13.2 Å². The molecular formula is C11H22N2O2. The number of hydrogen-bond donors (Lipinski definition) is 2. The van der Waals surface area contributed by atoms with Gasteiger partial charge < -0.3 is 15.8 Å². The Bertz CT molecular complexity index is 211. The molecule has 1 saturated heterocycles. The molecule has 0 aromatic rings. The maximum atomic E-state index is 11.7. The number of ether oxygens (including phenoxy) is 1. The first-order valence-electron chi connectivity index (χ1n) is 5.75. The summed E-state index contributed by atoms with van der Waals surface area (Å²) in [6, 6.07) is 0. The molecule has 1 aliphatic rings. The molecule has 15 heavy (non-hydrogen) atoms. The van der Waals surface area contributed by atoms with Crippen molar-refractivity contribution in [1.82, 2.24) is 5.32 Å². The Morgan fingerprint density at radius 1 is 1.67 bits per heavy atom. The van der Waals surface area contributed by atoms with Crippen molar-refractivity contribution >= 4 is 5.91 Å². The van der Waals surface area contributed by atoms with Crippen molar-refractivity contribution in [2.45, 2.75) is 51.2 Å². The average Bonchev–Trinajstić information content (AvgIpc) is 2.66. The molecule has 1 fully saturated rings. The monoisotopic (exact) mass is 214 g/mol. The molecule has 3 N–H and O–H groups in total. The summed E-state index contributed by atoms with van der Waals surface area (Å²) in [5.74, 6) is -0.0696. The summed E-state index contributed by atoms with van der Waals surface area (Å²) < 4.78 is 5.42. The summed E-state index contributed by atoms with van der Waals surface area (Å²) in [5, 5.41) is 2.86. The van der Waals surface area contributed by atoms with Gasteiger partial charge in [0.15, 0.2) is 0 Å². The first kappa shape index (κ1) is 12.5. The van der Waals surface area contributed by atoms with Gasteiger partial charge in [-0.05, 0) is 26.2 Å². The number of nitrogens with one attached hydrogen (secondary N) is 1. The van der Waals surface area contributed by atoms with Crippen LogP contribution in [0.3, 0.4) is 0 Å². The Labute approximate surface area is 91.5 Å². The van der Waals surface area contributed by atoms with E-state index in [2.05, 4.69) is 5.32 Å². The lowest BCUT2D eigenvalue weighted by Gasteiger charge is -2.23. The van der Waals surface area contributed by atoms with Gasteiger partial charge in [-0.2, -0.15) is 0 Å². The summed E-state index contributed by atoms with van der Waals surface area (Å²) in [4.78, 5) is 11.7. The minimum absolute atomic E-state index is 0.0696. The van der Waals surface area contributed by atoms with Crippen LogP contribution in [0.15, 0.2) is 0 Å². The minimum atomic E-state index is -0.743. The fourth-order valence-corrected chi connectivity index (χ4v) is 1.85. The molecule has 0 spiro atoms. The van der Waals surface area contributed by atoms with E-state index < -0.39 is 5.54 Å². The molecule has 0 bridgehead atoms. The molecule has 1 rings (SSSR count). The van der Waals surface area contributed by atoms with Gasteiger partial charge in [0.25, 0.3) is 0 Å². The molecule has 1 heterocycles. The number of amides is 1. The van der Waals surface area contributed by atoms with E-state index in [1.807, 2.05) is 6.92 Å². The zero-order valence-electron chi connectivity index (χ0n) is 9.71. The summed E-state index contributed by atoms with van der Waals surface area (Å²) in [6.07, 6.45) is 3.95. The standard InChI is InChI=1S/C11H22N2O2/c1-3-6-11(2,12)10(14)13-8-9-5-4-7-15-9/h9H,3-8,12H2,1-2H3,(H,13,14). The fraction of sp³-hybridized carbons (Fsp3) is 0.909. The van der Waals surface area contributed by atoms with Gasteiger partial charge in [0.2, 0.25) is 5.91 Å². The van der Waals surface area contributed by atoms with Crippen molar-refractivity contribution in [3.63, 3.8) is 0 Å². The van der Waals surface area contributed by atoms with E-state index in [-0.39, 0.29) is 12.0 Å². The molecule has 4 nitrogen and oxygen atoms in total. The van der Waals surface area contributed by atoms with Crippen LogP contribution in [0.4, 0.5) is 0 Å². The predicted octanol–water partition coefficient (Wildman–Crippen LogP) is 0.799. The quantitative estimate of drug-likeness (QED) is 0.711. The highest BCUT2D eigenvalue weighted by molar-refractivity contribution is 5.85. The van der Waals surface area contributed by atoms with E-state index in [4.69, 9.17) is 10.5 Å². The van der Waals surface area contributed by atoms with Gasteiger partial charge in [-0.15, -0.1) is 0 Å². The van der Waals surface area contributed by atoms with Gasteiger partial charge in [-0.25, -0.2) is 0 Å². The Morgan fingerprint density at radius 2 is 2.40 bits per heavy atom. The number of nitrogens with two attached hydrogens (primary N) is 1. The van der Waals surface area contributed by atoms with Crippen LogP contribution in [0.25, 0.3) is 0 Å². The molecule has 4 heteroatoms. The van der Waals surface area contributed by atoms with Gasteiger partial charge in [0.05, 0.1) is 11.6 Å². The molecule has 1 amide bonds. The Kier molecular flexibility index (Phi) is 4.54. The van der Waals surface area contributed by atoms with Crippen LogP contribution in [-0.2, 0) is 9.53 Å². The first-order valence-corrected chi connectivity index (χ1v) is 5.75. The molecular weight excluding hydrogens is 192 g/mol. The predicted molar refractivity (Wildman–Crippen MR) is 59.5 cm³/mol. The van der Waals surface area contributed by atoms with Gasteiger partial charge >= 0.3 is 0 Å². The lowest BCUT2D eigenvalue weighted by molar-refractivity contribution is -0.126. The van der Waals surface area contributed by atoms with E-state index >= 15 is 0 Å². The topological polar surface area (TPSA) is 64.4 Å². The highest BCUT2D eigenvalue weighted by Crippen LogP contribution is 2.12. The van der Waals surface area contributed by atoms with Crippen LogP contribution in [0.2, 0.25) is 0 Å². The Hall–Kier alpha value is -0.610. The van der Waals surface area contributed by atoms with Gasteiger partial charge in [-0.1, -0.05) is 13.3 Å². The molecule has 0 radical (unpaired) electrons. The Balaban J connectivity index is 2.27. The normalized spacial score (nSPS) is 24.9. The number of carbonyl (C=O) groups excluding carboxylic acids is 1. The minimum Gasteiger partial charge on any atom is -0.376 e. The third-order valence-electron chi connectivity index (χ3n) is 2.80. The summed E-state index contributed by atoms with van der Waals surface area (Å²) in [5.41, 5.74) is 5.16. The smallest absolute Gasteiger partial charge is 0.239 e. The van der Waals surface area contributed by atoms with Gasteiger partial charge in [-0.3, -0.25) is 4.79 Å². The summed E-state index contributed by atoms with van der Waals surface area (Å²) >= 11 is 0. The van der Waals surface area contributed by atoms with Gasteiger partial charge in [0, 0.05) is 13.2 Å². The van der Waals surface area contributed by atoms with E-state index in [1.54, 1.807) is 6.92 Å². The number of hydrogen-bond acceptors (Lipinski definition) is 3. The third kappa shape index (κ3) is 3.80. The molecule has 0 aromatic heterocycles. The molecule has 2 unspecified atom stereocenters. The van der Waals surface area contributed by atoms with E-state index in [1.165, 1.54) is 0 Å². The summed E-state index contributed by atoms with van der Waals surface area (Å²) in [7, 11) is 0. The lowest BCUT2D eigenvalue weighted by atomic mass is 9.96. The van der Waals surface area contributed by atoms with E-state index in [9.17, 15) is 4.79 Å². The van der Waals surface area contributed by atoms with Crippen LogP contribution in [-0.4, -0.2) is 30.7 Å². The van der Waals surface area contributed by atoms with Crippen molar-refractivity contribution < 1.29 is 9.53 Å². The van der Waals surface area contributed by atoms with Crippen LogP contribution in [0, 0.1) is 0 Å². The van der Waals surface area contributed by atoms with Crippen molar-refractivity contribution in [3.05, 3.63) is 0 Å². The zero-order chi connectivity index (χ0) is 11.3.